The number of hydrogen-bond acceptors (Lipinski definition) is 4. The lowest BCUT2D eigenvalue weighted by Crippen LogP contribution is -2.10. The van der Waals surface area contributed by atoms with Gasteiger partial charge in [0.15, 0.2) is 0 Å². The van der Waals surface area contributed by atoms with Gasteiger partial charge in [0.2, 0.25) is 0 Å². The Morgan fingerprint density at radius 3 is 2.40 bits per heavy atom. The van der Waals surface area contributed by atoms with Gasteiger partial charge in [-0.3, -0.25) is 0 Å². The van der Waals surface area contributed by atoms with E-state index in [2.05, 4.69) is 18.1 Å². The Hall–Kier alpha value is -3.01. The third-order valence-electron chi connectivity index (χ3n) is 4.05. The van der Waals surface area contributed by atoms with Crippen molar-refractivity contribution in [1.82, 2.24) is 0 Å². The molecule has 0 aliphatic rings. The molecular formula is C21H21NO3. The van der Waals surface area contributed by atoms with Gasteiger partial charge in [0, 0.05) is 5.56 Å². The molecule has 25 heavy (non-hydrogen) atoms. The first-order valence-electron chi connectivity index (χ1n) is 8.21. The monoisotopic (exact) mass is 335 g/mol. The molecular weight excluding hydrogens is 314 g/mol. The highest BCUT2D eigenvalue weighted by Crippen LogP contribution is 2.27. The minimum Gasteiger partial charge on any atom is -0.490 e. The van der Waals surface area contributed by atoms with E-state index in [0.717, 1.165) is 27.6 Å². The standard InChI is InChI=1S/C21H21NO3/c1-15-7-9-20(16(2)13-15)24-11-12-25-21-10-8-17-5-3-4-6-18(17)19(21)14-22-23/h3-10,13-14,23H,11-12H2,1-2H3. The third kappa shape index (κ3) is 3.91. The predicted molar refractivity (Wildman–Crippen MR) is 100 cm³/mol. The maximum Gasteiger partial charge on any atom is 0.129 e. The van der Waals surface area contributed by atoms with Crippen LogP contribution in [0, 0.1) is 13.8 Å². The van der Waals surface area contributed by atoms with Crippen molar-refractivity contribution >= 4 is 17.0 Å². The number of benzene rings is 3. The molecule has 0 aliphatic heterocycles. The lowest BCUT2D eigenvalue weighted by atomic mass is 10.0. The summed E-state index contributed by atoms with van der Waals surface area (Å²) >= 11 is 0. The molecule has 0 radical (unpaired) electrons. The highest BCUT2D eigenvalue weighted by molar-refractivity contribution is 6.02. The minimum atomic E-state index is 0.401. The second kappa shape index (κ2) is 7.71. The van der Waals surface area contributed by atoms with Crippen molar-refractivity contribution in [1.29, 1.82) is 0 Å². The molecule has 4 nitrogen and oxygen atoms in total. The fourth-order valence-corrected chi connectivity index (χ4v) is 2.86. The average Bonchev–Trinajstić information content (AvgIpc) is 2.62. The van der Waals surface area contributed by atoms with Crippen LogP contribution in [0.15, 0.2) is 59.8 Å². The highest BCUT2D eigenvalue weighted by atomic mass is 16.5. The van der Waals surface area contributed by atoms with Gasteiger partial charge in [-0.05, 0) is 42.3 Å². The number of fused-ring (bicyclic) bond motifs is 1. The van der Waals surface area contributed by atoms with Crippen LogP contribution >= 0.6 is 0 Å². The number of rotatable bonds is 6. The Morgan fingerprint density at radius 1 is 0.920 bits per heavy atom. The second-order valence-corrected chi connectivity index (χ2v) is 5.91. The molecule has 0 saturated heterocycles. The summed E-state index contributed by atoms with van der Waals surface area (Å²) in [6, 6.07) is 17.9. The quantitative estimate of drug-likeness (QED) is 0.307. The molecule has 0 fully saturated rings. The van der Waals surface area contributed by atoms with Gasteiger partial charge in [0.25, 0.3) is 0 Å². The van der Waals surface area contributed by atoms with Crippen molar-refractivity contribution in [2.45, 2.75) is 13.8 Å². The van der Waals surface area contributed by atoms with E-state index in [-0.39, 0.29) is 0 Å². The average molecular weight is 335 g/mol. The first-order valence-corrected chi connectivity index (χ1v) is 8.21. The van der Waals surface area contributed by atoms with Crippen LogP contribution < -0.4 is 9.47 Å². The molecule has 4 heteroatoms. The summed E-state index contributed by atoms with van der Waals surface area (Å²) in [6.45, 7) is 4.93. The van der Waals surface area contributed by atoms with Crippen LogP contribution in [-0.2, 0) is 0 Å². The number of ether oxygens (including phenoxy) is 2. The molecule has 3 aromatic rings. The fraction of sp³-hybridized carbons (Fsp3) is 0.190. The van der Waals surface area contributed by atoms with Crippen molar-refractivity contribution in [3.63, 3.8) is 0 Å². The Morgan fingerprint density at radius 2 is 1.64 bits per heavy atom. The highest BCUT2D eigenvalue weighted by Gasteiger charge is 2.07. The summed E-state index contributed by atoms with van der Waals surface area (Å²) < 4.78 is 11.6. The summed E-state index contributed by atoms with van der Waals surface area (Å²) in [4.78, 5) is 0. The molecule has 0 amide bonds. The number of nitrogens with zero attached hydrogens (tertiary/aromatic N) is 1. The van der Waals surface area contributed by atoms with Crippen molar-refractivity contribution in [2.24, 2.45) is 5.16 Å². The van der Waals surface area contributed by atoms with Gasteiger partial charge in [-0.1, -0.05) is 53.2 Å². The van der Waals surface area contributed by atoms with Crippen molar-refractivity contribution < 1.29 is 14.7 Å². The van der Waals surface area contributed by atoms with E-state index >= 15 is 0 Å². The summed E-state index contributed by atoms with van der Waals surface area (Å²) in [5.74, 6) is 1.53. The molecule has 0 aromatic heterocycles. The largest absolute Gasteiger partial charge is 0.490 e. The Bertz CT molecular complexity index is 903. The maximum absolute atomic E-state index is 8.97. The lowest BCUT2D eigenvalue weighted by Gasteiger charge is -2.13. The van der Waals surface area contributed by atoms with Crippen LogP contribution in [0.5, 0.6) is 11.5 Å². The maximum atomic E-state index is 8.97. The Labute approximate surface area is 147 Å². The van der Waals surface area contributed by atoms with Crippen molar-refractivity contribution in [3.05, 3.63) is 71.3 Å². The van der Waals surface area contributed by atoms with E-state index < -0.39 is 0 Å². The van der Waals surface area contributed by atoms with Crippen LogP contribution in [0.25, 0.3) is 10.8 Å². The van der Waals surface area contributed by atoms with Gasteiger partial charge in [-0.2, -0.15) is 0 Å². The van der Waals surface area contributed by atoms with Crippen molar-refractivity contribution in [2.75, 3.05) is 13.2 Å². The number of oxime groups is 1. The molecule has 1 N–H and O–H groups in total. The molecule has 0 heterocycles. The van der Waals surface area contributed by atoms with Gasteiger partial charge in [0.1, 0.15) is 24.7 Å². The smallest absolute Gasteiger partial charge is 0.129 e. The Kier molecular flexibility index (Phi) is 5.19. The zero-order chi connectivity index (χ0) is 17.6. The first kappa shape index (κ1) is 16.8. The van der Waals surface area contributed by atoms with Gasteiger partial charge in [0.05, 0.1) is 6.21 Å². The van der Waals surface area contributed by atoms with Crippen LogP contribution in [0.4, 0.5) is 0 Å². The molecule has 0 aliphatic carbocycles. The molecule has 0 saturated carbocycles. The zero-order valence-electron chi connectivity index (χ0n) is 14.4. The first-order chi connectivity index (χ1) is 12.2. The van der Waals surface area contributed by atoms with Gasteiger partial charge in [-0.25, -0.2) is 0 Å². The van der Waals surface area contributed by atoms with Crippen LogP contribution in [-0.4, -0.2) is 24.6 Å². The second-order valence-electron chi connectivity index (χ2n) is 5.91. The number of aryl methyl sites for hydroxylation is 2. The van der Waals surface area contributed by atoms with Gasteiger partial charge >= 0.3 is 0 Å². The molecule has 3 aromatic carbocycles. The topological polar surface area (TPSA) is 51.0 Å². The zero-order valence-corrected chi connectivity index (χ0v) is 14.4. The summed E-state index contributed by atoms with van der Waals surface area (Å²) in [7, 11) is 0. The molecule has 0 bridgehead atoms. The lowest BCUT2D eigenvalue weighted by molar-refractivity contribution is 0.216. The molecule has 0 spiro atoms. The third-order valence-corrected chi connectivity index (χ3v) is 4.05. The van der Waals surface area contributed by atoms with Crippen LogP contribution in [0.3, 0.4) is 0 Å². The Balaban J connectivity index is 1.69. The molecule has 0 atom stereocenters. The molecule has 0 unspecified atom stereocenters. The molecule has 3 rings (SSSR count). The van der Waals surface area contributed by atoms with E-state index in [0.29, 0.717) is 19.0 Å². The van der Waals surface area contributed by atoms with Gasteiger partial charge in [-0.15, -0.1) is 0 Å². The summed E-state index contributed by atoms with van der Waals surface area (Å²) in [5, 5.41) is 14.2. The van der Waals surface area contributed by atoms with Crippen LogP contribution in [0.1, 0.15) is 16.7 Å². The van der Waals surface area contributed by atoms with Crippen molar-refractivity contribution in [3.8, 4) is 11.5 Å². The van der Waals surface area contributed by atoms with Gasteiger partial charge < -0.3 is 14.7 Å². The number of hydrogen-bond donors (Lipinski definition) is 1. The normalized spacial score (nSPS) is 11.1. The SMILES string of the molecule is Cc1ccc(OCCOc2ccc3ccccc3c2C=NO)c(C)c1. The van der Waals surface area contributed by atoms with Crippen LogP contribution in [0.2, 0.25) is 0 Å². The van der Waals surface area contributed by atoms with E-state index in [4.69, 9.17) is 14.7 Å². The molecule has 128 valence electrons. The summed E-state index contributed by atoms with van der Waals surface area (Å²) in [5.41, 5.74) is 3.08. The van der Waals surface area contributed by atoms with E-state index in [1.54, 1.807) is 0 Å². The summed E-state index contributed by atoms with van der Waals surface area (Å²) in [6.07, 6.45) is 1.41. The van der Waals surface area contributed by atoms with E-state index in [1.807, 2.05) is 55.5 Å². The van der Waals surface area contributed by atoms with E-state index in [9.17, 15) is 0 Å². The minimum absolute atomic E-state index is 0.401. The predicted octanol–water partition coefficient (Wildman–Crippen LogP) is 4.72. The van der Waals surface area contributed by atoms with E-state index in [1.165, 1.54) is 11.8 Å². The fourth-order valence-electron chi connectivity index (χ4n) is 2.86.